The van der Waals surface area contributed by atoms with Crippen LogP contribution < -0.4 is 0 Å². The van der Waals surface area contributed by atoms with Crippen LogP contribution in [0.3, 0.4) is 0 Å². The number of hydrogen-bond donors (Lipinski definition) is 1. The van der Waals surface area contributed by atoms with Gasteiger partial charge in [-0.3, -0.25) is 4.79 Å². The van der Waals surface area contributed by atoms with Gasteiger partial charge in [-0.25, -0.2) is 4.79 Å². The maximum Gasteiger partial charge on any atom is 0.345 e. The van der Waals surface area contributed by atoms with Crippen molar-refractivity contribution in [2.24, 2.45) is 0 Å². The standard InChI is InChI=1S/C14H15F2NO3S/c1-2-9-8-14(15,16)13(20)17(9)7-3-4-10-5-6-11(21-10)12(18)19/h2,5-6,9H,1,3-4,7-8H2,(H,18,19). The molecule has 1 N–H and O–H groups in total. The predicted octanol–water partition coefficient (Wildman–Crippen LogP) is 2.80. The summed E-state index contributed by atoms with van der Waals surface area (Å²) in [4.78, 5) is 24.6. The second kappa shape index (κ2) is 5.93. The van der Waals surface area contributed by atoms with E-state index in [4.69, 9.17) is 5.11 Å². The number of carboxylic acid groups (broad SMARTS) is 1. The first-order valence-corrected chi connectivity index (χ1v) is 7.30. The van der Waals surface area contributed by atoms with Gasteiger partial charge in [-0.2, -0.15) is 8.78 Å². The molecule has 21 heavy (non-hydrogen) atoms. The maximum atomic E-state index is 13.4. The summed E-state index contributed by atoms with van der Waals surface area (Å²) in [7, 11) is 0. The van der Waals surface area contributed by atoms with E-state index in [0.717, 1.165) is 21.1 Å². The van der Waals surface area contributed by atoms with E-state index in [1.165, 1.54) is 12.1 Å². The van der Waals surface area contributed by atoms with Crippen molar-refractivity contribution in [3.8, 4) is 0 Å². The van der Waals surface area contributed by atoms with E-state index in [2.05, 4.69) is 6.58 Å². The van der Waals surface area contributed by atoms with Crippen LogP contribution in [0.4, 0.5) is 8.78 Å². The van der Waals surface area contributed by atoms with Gasteiger partial charge in [-0.05, 0) is 25.0 Å². The highest BCUT2D eigenvalue weighted by Crippen LogP contribution is 2.34. The Morgan fingerprint density at radius 1 is 1.57 bits per heavy atom. The Kier molecular flexibility index (Phi) is 4.41. The third-order valence-corrected chi connectivity index (χ3v) is 4.54. The largest absolute Gasteiger partial charge is 0.477 e. The summed E-state index contributed by atoms with van der Waals surface area (Å²) >= 11 is 1.16. The number of amides is 1. The smallest absolute Gasteiger partial charge is 0.345 e. The zero-order valence-corrected chi connectivity index (χ0v) is 12.0. The van der Waals surface area contributed by atoms with Crippen LogP contribution in [0.2, 0.25) is 0 Å². The number of aromatic carboxylic acids is 1. The number of likely N-dealkylation sites (tertiary alicyclic amines) is 1. The van der Waals surface area contributed by atoms with Gasteiger partial charge in [0.05, 0.1) is 6.04 Å². The zero-order chi connectivity index (χ0) is 15.6. The number of hydrogen-bond acceptors (Lipinski definition) is 3. The van der Waals surface area contributed by atoms with Crippen LogP contribution in [0.5, 0.6) is 0 Å². The summed E-state index contributed by atoms with van der Waals surface area (Å²) in [6.07, 6.45) is 1.91. The summed E-state index contributed by atoms with van der Waals surface area (Å²) < 4.78 is 26.7. The third-order valence-electron chi connectivity index (χ3n) is 3.41. The Morgan fingerprint density at radius 2 is 2.29 bits per heavy atom. The number of nitrogens with zero attached hydrogens (tertiary/aromatic N) is 1. The van der Waals surface area contributed by atoms with Gasteiger partial charge in [0.15, 0.2) is 0 Å². The zero-order valence-electron chi connectivity index (χ0n) is 11.2. The molecule has 1 unspecified atom stereocenters. The summed E-state index contributed by atoms with van der Waals surface area (Å²) in [5.74, 6) is -5.43. The van der Waals surface area contributed by atoms with Gasteiger partial charge >= 0.3 is 11.9 Å². The van der Waals surface area contributed by atoms with Gasteiger partial charge in [0.25, 0.3) is 5.91 Å². The molecule has 114 valence electrons. The molecule has 0 bridgehead atoms. The van der Waals surface area contributed by atoms with Crippen LogP contribution in [0, 0.1) is 0 Å². The quantitative estimate of drug-likeness (QED) is 0.821. The van der Waals surface area contributed by atoms with Crippen molar-refractivity contribution in [3.63, 3.8) is 0 Å². The van der Waals surface area contributed by atoms with Crippen LogP contribution >= 0.6 is 11.3 Å². The molecule has 4 nitrogen and oxygen atoms in total. The van der Waals surface area contributed by atoms with Crippen LogP contribution in [0.15, 0.2) is 24.8 Å². The lowest BCUT2D eigenvalue weighted by Crippen LogP contribution is -2.36. The molecule has 1 aromatic rings. The lowest BCUT2D eigenvalue weighted by molar-refractivity contribution is -0.148. The molecule has 0 spiro atoms. The van der Waals surface area contributed by atoms with Gasteiger partial charge < -0.3 is 10.0 Å². The fourth-order valence-corrected chi connectivity index (χ4v) is 3.24. The molecular formula is C14H15F2NO3S. The lowest BCUT2D eigenvalue weighted by Gasteiger charge is -2.21. The lowest BCUT2D eigenvalue weighted by atomic mass is 10.2. The molecule has 1 amide bonds. The molecule has 1 atom stereocenters. The van der Waals surface area contributed by atoms with E-state index in [1.54, 1.807) is 6.07 Å². The number of aryl methyl sites for hydroxylation is 1. The van der Waals surface area contributed by atoms with E-state index in [-0.39, 0.29) is 11.4 Å². The topological polar surface area (TPSA) is 57.6 Å². The Bertz CT molecular complexity index is 570. The maximum absolute atomic E-state index is 13.4. The van der Waals surface area contributed by atoms with E-state index in [9.17, 15) is 18.4 Å². The second-order valence-electron chi connectivity index (χ2n) is 4.88. The Hall–Kier alpha value is -1.76. The van der Waals surface area contributed by atoms with Gasteiger partial charge in [0.1, 0.15) is 4.88 Å². The second-order valence-corrected chi connectivity index (χ2v) is 6.05. The monoisotopic (exact) mass is 315 g/mol. The minimum absolute atomic E-state index is 0.214. The minimum atomic E-state index is -3.31. The molecule has 0 radical (unpaired) electrons. The summed E-state index contributed by atoms with van der Waals surface area (Å²) in [5.41, 5.74) is 0. The highest BCUT2D eigenvalue weighted by molar-refractivity contribution is 7.13. The highest BCUT2D eigenvalue weighted by Gasteiger charge is 2.52. The normalized spacial score (nSPS) is 20.8. The van der Waals surface area contributed by atoms with Crippen molar-refractivity contribution >= 4 is 23.2 Å². The first-order valence-electron chi connectivity index (χ1n) is 6.48. The molecule has 2 heterocycles. The fourth-order valence-electron chi connectivity index (χ4n) is 2.35. The predicted molar refractivity (Wildman–Crippen MR) is 74.9 cm³/mol. The average molecular weight is 315 g/mol. The summed E-state index contributed by atoms with van der Waals surface area (Å²) in [6, 6.07) is 2.59. The van der Waals surface area contributed by atoms with Crippen molar-refractivity contribution in [2.75, 3.05) is 6.54 Å². The molecule has 7 heteroatoms. The fraction of sp³-hybridized carbons (Fsp3) is 0.429. The SMILES string of the molecule is C=CC1CC(F)(F)C(=O)N1CCCc1ccc(C(=O)O)s1. The molecule has 1 aliphatic heterocycles. The number of carbonyl (C=O) groups is 2. The Balaban J connectivity index is 1.91. The molecule has 0 aliphatic carbocycles. The van der Waals surface area contributed by atoms with Gasteiger partial charge in [0.2, 0.25) is 0 Å². The number of rotatable bonds is 6. The van der Waals surface area contributed by atoms with Crippen LogP contribution in [-0.4, -0.2) is 40.4 Å². The Morgan fingerprint density at radius 3 is 2.86 bits per heavy atom. The minimum Gasteiger partial charge on any atom is -0.477 e. The van der Waals surface area contributed by atoms with Crippen LogP contribution in [-0.2, 0) is 11.2 Å². The molecule has 0 saturated carbocycles. The summed E-state index contributed by atoms with van der Waals surface area (Å²) in [6.45, 7) is 3.71. The third kappa shape index (κ3) is 3.29. The van der Waals surface area contributed by atoms with Crippen molar-refractivity contribution < 1.29 is 23.5 Å². The molecule has 1 aliphatic rings. The Labute approximate surface area is 124 Å². The molecule has 2 rings (SSSR count). The van der Waals surface area contributed by atoms with E-state index in [1.807, 2.05) is 0 Å². The van der Waals surface area contributed by atoms with Crippen molar-refractivity contribution in [3.05, 3.63) is 34.5 Å². The van der Waals surface area contributed by atoms with Gasteiger partial charge in [0, 0.05) is 17.8 Å². The summed E-state index contributed by atoms with van der Waals surface area (Å²) in [5, 5.41) is 8.82. The van der Waals surface area contributed by atoms with Gasteiger partial charge in [-0.15, -0.1) is 17.9 Å². The first-order chi connectivity index (χ1) is 9.85. The molecule has 1 fully saturated rings. The van der Waals surface area contributed by atoms with Crippen molar-refractivity contribution in [1.29, 1.82) is 0 Å². The number of carbonyl (C=O) groups excluding carboxylic acids is 1. The molecule has 0 aromatic carbocycles. The van der Waals surface area contributed by atoms with Crippen LogP contribution in [0.25, 0.3) is 0 Å². The average Bonchev–Trinajstić information content (AvgIpc) is 2.97. The van der Waals surface area contributed by atoms with Crippen molar-refractivity contribution in [1.82, 2.24) is 4.90 Å². The number of alkyl halides is 2. The van der Waals surface area contributed by atoms with Crippen LogP contribution in [0.1, 0.15) is 27.4 Å². The number of thiophene rings is 1. The molecule has 1 aromatic heterocycles. The van der Waals surface area contributed by atoms with Gasteiger partial charge in [-0.1, -0.05) is 6.08 Å². The van der Waals surface area contributed by atoms with E-state index in [0.29, 0.717) is 12.8 Å². The highest BCUT2D eigenvalue weighted by atomic mass is 32.1. The molecule has 1 saturated heterocycles. The number of carboxylic acids is 1. The van der Waals surface area contributed by atoms with Crippen molar-refractivity contribution in [2.45, 2.75) is 31.2 Å². The number of halogens is 2. The van der Waals surface area contributed by atoms with E-state index >= 15 is 0 Å². The van der Waals surface area contributed by atoms with E-state index < -0.39 is 30.3 Å². The first kappa shape index (κ1) is 15.6. The molecular weight excluding hydrogens is 300 g/mol.